The molecular weight excluding hydrogens is 453 g/mol. The van der Waals surface area contributed by atoms with Crippen molar-refractivity contribution in [1.82, 2.24) is 15.2 Å². The molecule has 2 amide bonds. The van der Waals surface area contributed by atoms with Crippen LogP contribution in [0.25, 0.3) is 21.0 Å². The van der Waals surface area contributed by atoms with Gasteiger partial charge in [-0.2, -0.15) is 0 Å². The van der Waals surface area contributed by atoms with Gasteiger partial charge >= 0.3 is 0 Å². The fraction of sp³-hybridized carbons (Fsp3) is 0.269. The molecule has 1 aliphatic heterocycles. The first-order valence-corrected chi connectivity index (χ1v) is 12.1. The molecular formula is C26H24FN3O3S. The molecule has 0 saturated carbocycles. The van der Waals surface area contributed by atoms with Crippen LogP contribution in [-0.4, -0.2) is 34.8 Å². The number of carbonyl (C=O) groups is 2. The van der Waals surface area contributed by atoms with Gasteiger partial charge in [0.15, 0.2) is 10.8 Å². The van der Waals surface area contributed by atoms with Gasteiger partial charge in [-0.3, -0.25) is 9.59 Å². The number of piperidine rings is 1. The topological polar surface area (TPSA) is 75.4 Å². The monoisotopic (exact) mass is 477 g/mol. The van der Waals surface area contributed by atoms with Gasteiger partial charge in [0.25, 0.3) is 0 Å². The lowest BCUT2D eigenvalue weighted by molar-refractivity contribution is -0.135. The Bertz CT molecular complexity index is 1280. The highest BCUT2D eigenvalue weighted by atomic mass is 32.1. The standard InChI is InChI=1S/C26H24FN3O3S/c27-19-9-7-17(8-10-19)14-24(31)30-13-3-4-18(16-30)25(32)28-15-20-11-12-22(33-20)26-29-21-5-1-2-6-23(21)34-26/h1-2,5-12,18H,3-4,13-16H2,(H,28,32). The number of halogens is 1. The summed E-state index contributed by atoms with van der Waals surface area (Å²) in [7, 11) is 0. The fourth-order valence-corrected chi connectivity index (χ4v) is 5.12. The highest BCUT2D eigenvalue weighted by Gasteiger charge is 2.28. The molecule has 1 atom stereocenters. The molecule has 1 fully saturated rings. The molecule has 2 aromatic carbocycles. The minimum Gasteiger partial charge on any atom is -0.457 e. The summed E-state index contributed by atoms with van der Waals surface area (Å²) < 4.78 is 20.1. The number of fused-ring (bicyclic) bond motifs is 1. The highest BCUT2D eigenvalue weighted by Crippen LogP contribution is 2.31. The third-order valence-electron chi connectivity index (χ3n) is 6.02. The van der Waals surface area contributed by atoms with E-state index in [4.69, 9.17) is 4.42 Å². The number of nitrogens with zero attached hydrogens (tertiary/aromatic N) is 2. The number of furan rings is 1. The quantitative estimate of drug-likeness (QED) is 0.433. The number of carbonyl (C=O) groups excluding carboxylic acids is 2. The zero-order valence-electron chi connectivity index (χ0n) is 18.5. The van der Waals surface area contributed by atoms with Gasteiger partial charge in [0.05, 0.1) is 29.1 Å². The maximum atomic E-state index is 13.1. The van der Waals surface area contributed by atoms with Crippen LogP contribution in [0.15, 0.2) is 65.1 Å². The molecule has 2 aromatic heterocycles. The van der Waals surface area contributed by atoms with Gasteiger partial charge in [0.2, 0.25) is 11.8 Å². The van der Waals surface area contributed by atoms with E-state index in [9.17, 15) is 14.0 Å². The zero-order valence-corrected chi connectivity index (χ0v) is 19.3. The van der Waals surface area contributed by atoms with Gasteiger partial charge in [0.1, 0.15) is 11.6 Å². The molecule has 174 valence electrons. The molecule has 0 aliphatic carbocycles. The van der Waals surface area contributed by atoms with Gasteiger partial charge < -0.3 is 14.6 Å². The molecule has 34 heavy (non-hydrogen) atoms. The zero-order chi connectivity index (χ0) is 23.5. The first-order chi connectivity index (χ1) is 16.5. The number of hydrogen-bond acceptors (Lipinski definition) is 5. The van der Waals surface area contributed by atoms with E-state index in [0.29, 0.717) is 24.6 Å². The first kappa shape index (κ1) is 22.3. The van der Waals surface area contributed by atoms with Crippen LogP contribution in [0.3, 0.4) is 0 Å². The van der Waals surface area contributed by atoms with E-state index in [0.717, 1.165) is 33.6 Å². The van der Waals surface area contributed by atoms with Crippen molar-refractivity contribution in [2.24, 2.45) is 5.92 Å². The Morgan fingerprint density at radius 2 is 1.94 bits per heavy atom. The Kier molecular flexibility index (Phi) is 6.40. The number of rotatable bonds is 6. The molecule has 4 aromatic rings. The second-order valence-electron chi connectivity index (χ2n) is 8.45. The number of benzene rings is 2. The molecule has 1 unspecified atom stereocenters. The lowest BCUT2D eigenvalue weighted by Crippen LogP contribution is -2.45. The van der Waals surface area contributed by atoms with Crippen LogP contribution in [0.5, 0.6) is 0 Å². The number of aromatic nitrogens is 1. The van der Waals surface area contributed by atoms with Crippen LogP contribution < -0.4 is 5.32 Å². The predicted molar refractivity (Wildman–Crippen MR) is 129 cm³/mol. The Morgan fingerprint density at radius 1 is 1.12 bits per heavy atom. The van der Waals surface area contributed by atoms with Gasteiger partial charge in [-0.25, -0.2) is 9.37 Å². The van der Waals surface area contributed by atoms with Crippen molar-refractivity contribution < 1.29 is 18.4 Å². The Hall–Kier alpha value is -3.52. The summed E-state index contributed by atoms with van der Waals surface area (Å²) in [6, 6.07) is 17.6. The average Bonchev–Trinajstić information content (AvgIpc) is 3.51. The van der Waals surface area contributed by atoms with E-state index < -0.39 is 0 Å². The SMILES string of the molecule is O=C(NCc1ccc(-c2nc3ccccc3s2)o1)C1CCCN(C(=O)Cc2ccc(F)cc2)C1. The average molecular weight is 478 g/mol. The normalized spacial score (nSPS) is 16.0. The van der Waals surface area contributed by atoms with Crippen LogP contribution in [0, 0.1) is 11.7 Å². The van der Waals surface area contributed by atoms with Gasteiger partial charge in [-0.1, -0.05) is 24.3 Å². The van der Waals surface area contributed by atoms with E-state index in [-0.39, 0.29) is 36.5 Å². The van der Waals surface area contributed by atoms with Crippen molar-refractivity contribution >= 4 is 33.4 Å². The molecule has 1 N–H and O–H groups in total. The maximum absolute atomic E-state index is 13.1. The van der Waals surface area contributed by atoms with Crippen LogP contribution in [0.4, 0.5) is 4.39 Å². The van der Waals surface area contributed by atoms with E-state index >= 15 is 0 Å². The third-order valence-corrected chi connectivity index (χ3v) is 7.07. The van der Waals surface area contributed by atoms with Crippen molar-refractivity contribution in [3.8, 4) is 10.8 Å². The molecule has 0 radical (unpaired) electrons. The summed E-state index contributed by atoms with van der Waals surface area (Å²) in [6.45, 7) is 1.30. The number of likely N-dealkylation sites (tertiary alicyclic amines) is 1. The van der Waals surface area contributed by atoms with Crippen LogP contribution in [0.2, 0.25) is 0 Å². The van der Waals surface area contributed by atoms with Crippen molar-refractivity contribution in [2.45, 2.75) is 25.8 Å². The molecule has 3 heterocycles. The molecule has 0 spiro atoms. The van der Waals surface area contributed by atoms with E-state index in [1.54, 1.807) is 28.4 Å². The van der Waals surface area contributed by atoms with Crippen LogP contribution in [-0.2, 0) is 22.6 Å². The summed E-state index contributed by atoms with van der Waals surface area (Å²) in [6.07, 6.45) is 1.71. The van der Waals surface area contributed by atoms with E-state index in [1.165, 1.54) is 12.1 Å². The van der Waals surface area contributed by atoms with Gasteiger partial charge in [-0.15, -0.1) is 11.3 Å². The van der Waals surface area contributed by atoms with Crippen molar-refractivity contribution in [3.63, 3.8) is 0 Å². The van der Waals surface area contributed by atoms with E-state index in [1.807, 2.05) is 36.4 Å². The molecule has 1 saturated heterocycles. The summed E-state index contributed by atoms with van der Waals surface area (Å²) in [5.74, 6) is 0.621. The minimum atomic E-state index is -0.324. The third kappa shape index (κ3) is 5.02. The predicted octanol–water partition coefficient (Wildman–Crippen LogP) is 4.79. The molecule has 6 nitrogen and oxygen atoms in total. The second kappa shape index (κ2) is 9.77. The van der Waals surface area contributed by atoms with E-state index in [2.05, 4.69) is 10.3 Å². The minimum absolute atomic E-state index is 0.0457. The van der Waals surface area contributed by atoms with Crippen molar-refractivity contribution in [3.05, 3.63) is 77.8 Å². The lowest BCUT2D eigenvalue weighted by Gasteiger charge is -2.32. The maximum Gasteiger partial charge on any atom is 0.227 e. The van der Waals surface area contributed by atoms with Crippen LogP contribution >= 0.6 is 11.3 Å². The summed E-state index contributed by atoms with van der Waals surface area (Å²) >= 11 is 1.57. The first-order valence-electron chi connectivity index (χ1n) is 11.3. The second-order valence-corrected chi connectivity index (χ2v) is 9.48. The van der Waals surface area contributed by atoms with Crippen molar-refractivity contribution in [2.75, 3.05) is 13.1 Å². The smallest absolute Gasteiger partial charge is 0.227 e. The number of para-hydroxylation sites is 1. The van der Waals surface area contributed by atoms with Crippen molar-refractivity contribution in [1.29, 1.82) is 0 Å². The largest absolute Gasteiger partial charge is 0.457 e. The fourth-order valence-electron chi connectivity index (χ4n) is 4.19. The summed E-state index contributed by atoms with van der Waals surface area (Å²) in [5, 5.41) is 3.75. The Morgan fingerprint density at radius 3 is 2.76 bits per heavy atom. The molecule has 0 bridgehead atoms. The summed E-state index contributed by atoms with van der Waals surface area (Å²) in [4.78, 5) is 31.8. The highest BCUT2D eigenvalue weighted by molar-refractivity contribution is 7.21. The van der Waals surface area contributed by atoms with Gasteiger partial charge in [-0.05, 0) is 54.8 Å². The summed E-state index contributed by atoms with van der Waals surface area (Å²) in [5.41, 5.74) is 1.70. The number of hydrogen-bond donors (Lipinski definition) is 1. The Labute approximate surface area is 200 Å². The van der Waals surface area contributed by atoms with Gasteiger partial charge in [0, 0.05) is 13.1 Å². The lowest BCUT2D eigenvalue weighted by atomic mass is 9.96. The molecule has 1 aliphatic rings. The molecule has 8 heteroatoms. The Balaban J connectivity index is 1.15. The number of amides is 2. The number of nitrogens with one attached hydrogen (secondary N) is 1. The number of thiazole rings is 1. The molecule has 5 rings (SSSR count). The van der Waals surface area contributed by atoms with Crippen LogP contribution in [0.1, 0.15) is 24.2 Å².